The zero-order valence-corrected chi connectivity index (χ0v) is 25.4. The van der Waals surface area contributed by atoms with Crippen LogP contribution >= 0.6 is 0 Å². The molecule has 3 rings (SSSR count). The van der Waals surface area contributed by atoms with Crippen molar-refractivity contribution in [2.45, 2.75) is 77.2 Å². The summed E-state index contributed by atoms with van der Waals surface area (Å²) in [5, 5.41) is 16.5. The van der Waals surface area contributed by atoms with Crippen molar-refractivity contribution < 1.29 is 28.7 Å². The fraction of sp³-hybridized carbons (Fsp3) is 0.419. The molecule has 230 valence electrons. The third-order valence-electron chi connectivity index (χ3n) is 6.52. The average molecular weight is 593 g/mol. The van der Waals surface area contributed by atoms with Crippen molar-refractivity contribution in [2.24, 2.45) is 0 Å². The molecule has 4 atom stereocenters. The predicted molar refractivity (Wildman–Crippen MR) is 159 cm³/mol. The number of benzene rings is 2. The van der Waals surface area contributed by atoms with Crippen LogP contribution in [0.2, 0.25) is 0 Å². The Hall–Kier alpha value is -4.74. The normalized spacial score (nSPS) is 14.0. The molecule has 0 saturated carbocycles. The highest BCUT2D eigenvalue weighted by atomic mass is 16.6. The summed E-state index contributed by atoms with van der Waals surface area (Å²) in [6.45, 7) is 8.37. The second-order valence-electron chi connectivity index (χ2n) is 11.2. The van der Waals surface area contributed by atoms with Crippen LogP contribution in [0.1, 0.15) is 63.7 Å². The molecule has 0 unspecified atom stereocenters. The minimum absolute atomic E-state index is 0.246. The number of ether oxygens (including phenoxy) is 2. The van der Waals surface area contributed by atoms with Crippen molar-refractivity contribution in [2.75, 3.05) is 7.11 Å². The Labute approximate surface area is 251 Å². The molecule has 0 radical (unpaired) electrons. The first-order valence-corrected chi connectivity index (χ1v) is 14.0. The summed E-state index contributed by atoms with van der Waals surface area (Å²) in [6, 6.07) is 15.3. The van der Waals surface area contributed by atoms with Gasteiger partial charge in [0, 0.05) is 6.42 Å². The second kappa shape index (κ2) is 14.9. The van der Waals surface area contributed by atoms with Crippen molar-refractivity contribution in [1.82, 2.24) is 30.7 Å². The van der Waals surface area contributed by atoms with Crippen LogP contribution in [-0.4, -0.2) is 63.4 Å². The molecule has 0 spiro atoms. The van der Waals surface area contributed by atoms with Gasteiger partial charge in [0.2, 0.25) is 11.8 Å². The van der Waals surface area contributed by atoms with Gasteiger partial charge in [0.1, 0.15) is 30.1 Å². The summed E-state index contributed by atoms with van der Waals surface area (Å²) < 4.78 is 11.7. The molecule has 0 aliphatic rings. The molecule has 0 aliphatic carbocycles. The van der Waals surface area contributed by atoms with E-state index in [2.05, 4.69) is 26.1 Å². The maximum absolute atomic E-state index is 13.4. The van der Waals surface area contributed by atoms with E-state index in [1.165, 1.54) is 13.4 Å². The Kier molecular flexibility index (Phi) is 11.4. The summed E-state index contributed by atoms with van der Waals surface area (Å²) in [4.78, 5) is 51.4. The van der Waals surface area contributed by atoms with Gasteiger partial charge < -0.3 is 30.0 Å². The Morgan fingerprint density at radius 1 is 0.837 bits per heavy atom. The number of aromatic nitrogens is 3. The van der Waals surface area contributed by atoms with Crippen LogP contribution in [0.5, 0.6) is 0 Å². The Morgan fingerprint density at radius 2 is 1.42 bits per heavy atom. The quantitative estimate of drug-likeness (QED) is 0.271. The standard InChI is InChI=1S/C31H40N6O6/c1-20(33-30(41)43-31(3,4)5)27(38)34-24(17-22-13-9-7-10-14-22)26-36-32-19-37(26)21(2)28(39)35-25(29(40)42-6)18-23-15-11-8-12-16-23/h7-16,19-21,24-25H,17-18H2,1-6H3,(H,33,41)(H,34,38)(H,35,39)/t20-,21+,24+,25+/m1/s1. The Balaban J connectivity index is 1.81. The number of esters is 1. The van der Waals surface area contributed by atoms with Gasteiger partial charge in [0.25, 0.3) is 0 Å². The fourth-order valence-electron chi connectivity index (χ4n) is 4.31. The van der Waals surface area contributed by atoms with Crippen molar-refractivity contribution >= 4 is 23.9 Å². The summed E-state index contributed by atoms with van der Waals surface area (Å²) in [7, 11) is 1.27. The smallest absolute Gasteiger partial charge is 0.408 e. The minimum Gasteiger partial charge on any atom is -0.467 e. The van der Waals surface area contributed by atoms with Crippen LogP contribution in [0.3, 0.4) is 0 Å². The largest absolute Gasteiger partial charge is 0.467 e. The van der Waals surface area contributed by atoms with Crippen LogP contribution in [-0.2, 0) is 36.7 Å². The maximum Gasteiger partial charge on any atom is 0.408 e. The topological polar surface area (TPSA) is 154 Å². The van der Waals surface area contributed by atoms with Crippen molar-refractivity contribution in [3.8, 4) is 0 Å². The molecule has 2 aromatic carbocycles. The second-order valence-corrected chi connectivity index (χ2v) is 11.2. The van der Waals surface area contributed by atoms with Gasteiger partial charge in [-0.05, 0) is 52.2 Å². The number of methoxy groups -OCH3 is 1. The molecule has 3 aromatic rings. The van der Waals surface area contributed by atoms with E-state index in [1.807, 2.05) is 60.7 Å². The maximum atomic E-state index is 13.4. The van der Waals surface area contributed by atoms with Gasteiger partial charge in [-0.1, -0.05) is 60.7 Å². The van der Waals surface area contributed by atoms with E-state index in [0.29, 0.717) is 12.2 Å². The van der Waals surface area contributed by atoms with Gasteiger partial charge in [0.05, 0.1) is 13.2 Å². The molecular weight excluding hydrogens is 552 g/mol. The van der Waals surface area contributed by atoms with Crippen LogP contribution in [0, 0.1) is 0 Å². The number of nitrogens with one attached hydrogen (secondary N) is 3. The minimum atomic E-state index is -0.927. The fourth-order valence-corrected chi connectivity index (χ4v) is 4.31. The van der Waals surface area contributed by atoms with Crippen LogP contribution in [0.15, 0.2) is 67.0 Å². The van der Waals surface area contributed by atoms with Gasteiger partial charge in [-0.2, -0.15) is 0 Å². The van der Waals surface area contributed by atoms with E-state index in [9.17, 15) is 19.2 Å². The Morgan fingerprint density at radius 3 is 1.98 bits per heavy atom. The number of hydrogen-bond donors (Lipinski definition) is 3. The SMILES string of the molecule is COC(=O)[C@H](Cc1ccccc1)NC(=O)[C@H](C)n1cnnc1[C@H](Cc1ccccc1)NC(=O)[C@@H](C)NC(=O)OC(C)(C)C. The highest BCUT2D eigenvalue weighted by Gasteiger charge is 2.30. The van der Waals surface area contributed by atoms with Gasteiger partial charge in [-0.25, -0.2) is 9.59 Å². The molecule has 3 amide bonds. The highest BCUT2D eigenvalue weighted by molar-refractivity contribution is 5.87. The molecule has 1 heterocycles. The monoisotopic (exact) mass is 592 g/mol. The molecule has 43 heavy (non-hydrogen) atoms. The number of rotatable bonds is 12. The van der Waals surface area contributed by atoms with Crippen molar-refractivity contribution in [3.05, 3.63) is 83.9 Å². The first-order valence-electron chi connectivity index (χ1n) is 14.0. The van der Waals surface area contributed by atoms with Gasteiger partial charge in [-0.15, -0.1) is 10.2 Å². The van der Waals surface area contributed by atoms with Crippen LogP contribution in [0.25, 0.3) is 0 Å². The number of alkyl carbamates (subject to hydrolysis) is 1. The average Bonchev–Trinajstić information content (AvgIpc) is 3.45. The van der Waals surface area contributed by atoms with E-state index in [4.69, 9.17) is 9.47 Å². The lowest BCUT2D eigenvalue weighted by Crippen LogP contribution is -2.48. The molecule has 12 heteroatoms. The zero-order chi connectivity index (χ0) is 31.6. The number of carbonyl (C=O) groups excluding carboxylic acids is 4. The molecule has 1 aromatic heterocycles. The highest BCUT2D eigenvalue weighted by Crippen LogP contribution is 2.21. The molecule has 0 saturated heterocycles. The third-order valence-corrected chi connectivity index (χ3v) is 6.52. The van der Waals surface area contributed by atoms with Crippen LogP contribution in [0.4, 0.5) is 4.79 Å². The summed E-state index contributed by atoms with van der Waals surface area (Å²) in [6.07, 6.45) is 1.25. The summed E-state index contributed by atoms with van der Waals surface area (Å²) in [5.74, 6) is -1.19. The first kappa shape index (κ1) is 32.8. The van der Waals surface area contributed by atoms with Gasteiger partial charge in [-0.3, -0.25) is 9.59 Å². The molecule has 0 bridgehead atoms. The number of amides is 3. The van der Waals surface area contributed by atoms with Crippen LogP contribution < -0.4 is 16.0 Å². The number of nitrogens with zero attached hydrogens (tertiary/aromatic N) is 3. The van der Waals surface area contributed by atoms with E-state index >= 15 is 0 Å². The lowest BCUT2D eigenvalue weighted by Gasteiger charge is -2.25. The van der Waals surface area contributed by atoms with Crippen molar-refractivity contribution in [3.63, 3.8) is 0 Å². The third kappa shape index (κ3) is 9.94. The van der Waals surface area contributed by atoms with Gasteiger partial charge >= 0.3 is 12.1 Å². The summed E-state index contributed by atoms with van der Waals surface area (Å²) in [5.41, 5.74) is 1.04. The summed E-state index contributed by atoms with van der Waals surface area (Å²) >= 11 is 0. The van der Waals surface area contributed by atoms with E-state index in [-0.39, 0.29) is 6.42 Å². The lowest BCUT2D eigenvalue weighted by atomic mass is 10.0. The van der Waals surface area contributed by atoms with Crippen molar-refractivity contribution in [1.29, 1.82) is 0 Å². The number of hydrogen-bond acceptors (Lipinski definition) is 8. The molecular formula is C31H40N6O6. The molecule has 0 aliphatic heterocycles. The van der Waals surface area contributed by atoms with E-state index in [1.54, 1.807) is 39.2 Å². The number of carbonyl (C=O) groups is 4. The molecule has 3 N–H and O–H groups in total. The molecule has 0 fully saturated rings. The Bertz CT molecular complexity index is 1370. The predicted octanol–water partition coefficient (Wildman–Crippen LogP) is 3.05. The van der Waals surface area contributed by atoms with E-state index in [0.717, 1.165) is 11.1 Å². The first-order chi connectivity index (χ1) is 20.4. The zero-order valence-electron chi connectivity index (χ0n) is 25.4. The van der Waals surface area contributed by atoms with Gasteiger partial charge in [0.15, 0.2) is 5.82 Å². The lowest BCUT2D eigenvalue weighted by molar-refractivity contribution is -0.145. The molecule has 12 nitrogen and oxygen atoms in total. The van der Waals surface area contributed by atoms with E-state index < -0.39 is 53.6 Å².